The summed E-state index contributed by atoms with van der Waals surface area (Å²) in [5, 5.41) is 13.5. The van der Waals surface area contributed by atoms with Gasteiger partial charge in [0.2, 0.25) is 5.82 Å². The second kappa shape index (κ2) is 9.50. The van der Waals surface area contributed by atoms with Gasteiger partial charge in [0, 0.05) is 6.42 Å². The number of hydrogen-bond acceptors (Lipinski definition) is 5. The number of benzene rings is 1. The summed E-state index contributed by atoms with van der Waals surface area (Å²) >= 11 is 0. The lowest BCUT2D eigenvalue weighted by atomic mass is 10.1. The lowest BCUT2D eigenvalue weighted by molar-refractivity contribution is -0.114. The minimum absolute atomic E-state index is 0.179. The summed E-state index contributed by atoms with van der Waals surface area (Å²) < 4.78 is 5.53. The highest BCUT2D eigenvalue weighted by Crippen LogP contribution is 2.14. The first kappa shape index (κ1) is 16.9. The van der Waals surface area contributed by atoms with Crippen LogP contribution in [-0.4, -0.2) is 26.4 Å². The fourth-order valence-electron chi connectivity index (χ4n) is 2.07. The molecule has 0 aliphatic rings. The van der Waals surface area contributed by atoms with Crippen molar-refractivity contribution in [3.05, 3.63) is 41.7 Å². The number of unbranched alkanes of at least 4 members (excludes halogenated alkanes) is 3. The predicted octanol–water partition coefficient (Wildman–Crippen LogP) is 3.33. The molecule has 0 fully saturated rings. The highest BCUT2D eigenvalue weighted by atomic mass is 16.5. The monoisotopic (exact) mass is 314 g/mol. The van der Waals surface area contributed by atoms with Crippen molar-refractivity contribution in [2.75, 3.05) is 0 Å². The molecule has 1 aromatic heterocycles. The number of rotatable bonds is 10. The fourth-order valence-corrected chi connectivity index (χ4v) is 2.07. The molecular weight excluding hydrogens is 292 g/mol. The minimum atomic E-state index is 0.179. The standard InChI is InChI=1S/C17H22N4O2/c1-2-3-4-5-6-15(22)10-7-14-8-11-16(12-9-14)23-13-17-18-20-21-19-17/h7-12H,2-6,13H2,1H3,(H,18,19,20,21)/b10-7+. The van der Waals surface area contributed by atoms with E-state index in [1.54, 1.807) is 6.08 Å². The number of carbonyl (C=O) groups is 1. The van der Waals surface area contributed by atoms with E-state index in [9.17, 15) is 4.79 Å². The van der Waals surface area contributed by atoms with Crippen LogP contribution in [0, 0.1) is 0 Å². The molecule has 1 heterocycles. The number of allylic oxidation sites excluding steroid dienone is 1. The zero-order valence-electron chi connectivity index (χ0n) is 13.4. The van der Waals surface area contributed by atoms with Crippen molar-refractivity contribution in [1.82, 2.24) is 20.6 Å². The first-order valence-corrected chi connectivity index (χ1v) is 7.94. The van der Waals surface area contributed by atoms with Crippen LogP contribution in [0.5, 0.6) is 5.75 Å². The maximum atomic E-state index is 11.7. The SMILES string of the molecule is CCCCCCC(=O)/C=C/c1ccc(OCc2nn[nH]n2)cc1. The molecule has 6 nitrogen and oxygen atoms in total. The van der Waals surface area contributed by atoms with E-state index < -0.39 is 0 Å². The first-order valence-electron chi connectivity index (χ1n) is 7.94. The molecule has 0 amide bonds. The molecule has 1 N–H and O–H groups in total. The summed E-state index contributed by atoms with van der Waals surface area (Å²) in [6.07, 6.45) is 8.60. The van der Waals surface area contributed by atoms with Gasteiger partial charge in [0.1, 0.15) is 5.75 Å². The molecule has 6 heteroatoms. The second-order valence-electron chi connectivity index (χ2n) is 5.30. The zero-order chi connectivity index (χ0) is 16.3. The lowest BCUT2D eigenvalue weighted by Gasteiger charge is -2.03. The Balaban J connectivity index is 1.75. The number of aromatic amines is 1. The van der Waals surface area contributed by atoms with Crippen molar-refractivity contribution in [3.8, 4) is 5.75 Å². The topological polar surface area (TPSA) is 80.8 Å². The Morgan fingerprint density at radius 2 is 2.04 bits per heavy atom. The molecule has 1 aromatic carbocycles. The molecule has 0 aliphatic heterocycles. The van der Waals surface area contributed by atoms with E-state index in [-0.39, 0.29) is 12.4 Å². The van der Waals surface area contributed by atoms with Crippen molar-refractivity contribution in [2.24, 2.45) is 0 Å². The number of hydrogen-bond donors (Lipinski definition) is 1. The molecule has 0 aliphatic carbocycles. The molecule has 0 spiro atoms. The van der Waals surface area contributed by atoms with Gasteiger partial charge in [-0.15, -0.1) is 10.2 Å². The van der Waals surface area contributed by atoms with Gasteiger partial charge in [0.25, 0.3) is 0 Å². The van der Waals surface area contributed by atoms with Crippen LogP contribution in [0.1, 0.15) is 50.4 Å². The van der Waals surface area contributed by atoms with E-state index in [0.29, 0.717) is 12.2 Å². The summed E-state index contributed by atoms with van der Waals surface area (Å²) in [5.74, 6) is 1.40. The average molecular weight is 314 g/mol. The number of carbonyl (C=O) groups excluding carboxylic acids is 1. The van der Waals surface area contributed by atoms with Crippen LogP contribution in [-0.2, 0) is 11.4 Å². The quantitative estimate of drug-likeness (QED) is 0.537. The minimum Gasteiger partial charge on any atom is -0.485 e. The Morgan fingerprint density at radius 1 is 1.22 bits per heavy atom. The number of nitrogens with one attached hydrogen (secondary N) is 1. The highest BCUT2D eigenvalue weighted by molar-refractivity contribution is 5.93. The molecule has 0 bridgehead atoms. The Kier molecular flexibility index (Phi) is 6.97. The van der Waals surface area contributed by atoms with E-state index in [1.807, 2.05) is 30.3 Å². The third kappa shape index (κ3) is 6.42. The molecule has 2 aromatic rings. The predicted molar refractivity (Wildman–Crippen MR) is 87.8 cm³/mol. The van der Waals surface area contributed by atoms with Crippen molar-refractivity contribution in [1.29, 1.82) is 0 Å². The number of ketones is 1. The average Bonchev–Trinajstić information content (AvgIpc) is 3.09. The van der Waals surface area contributed by atoms with Gasteiger partial charge in [-0.2, -0.15) is 5.21 Å². The molecule has 0 unspecified atom stereocenters. The normalized spacial score (nSPS) is 11.0. The van der Waals surface area contributed by atoms with Crippen molar-refractivity contribution in [2.45, 2.75) is 45.6 Å². The van der Waals surface area contributed by atoms with E-state index in [0.717, 1.165) is 24.2 Å². The largest absolute Gasteiger partial charge is 0.485 e. The molecule has 0 atom stereocenters. The summed E-state index contributed by atoms with van der Waals surface area (Å²) in [6, 6.07) is 7.52. The second-order valence-corrected chi connectivity index (χ2v) is 5.30. The highest BCUT2D eigenvalue weighted by Gasteiger charge is 2.00. The number of ether oxygens (including phenoxy) is 1. The van der Waals surface area contributed by atoms with Gasteiger partial charge in [-0.05, 0) is 30.2 Å². The van der Waals surface area contributed by atoms with Crippen LogP contribution >= 0.6 is 0 Å². The Bertz CT molecular complexity index is 606. The smallest absolute Gasteiger partial charge is 0.211 e. The van der Waals surface area contributed by atoms with E-state index >= 15 is 0 Å². The Labute approximate surface area is 135 Å². The third-order valence-corrected chi connectivity index (χ3v) is 3.38. The maximum Gasteiger partial charge on any atom is 0.211 e. The van der Waals surface area contributed by atoms with Crippen molar-refractivity contribution >= 4 is 11.9 Å². The number of nitrogens with zero attached hydrogens (tertiary/aromatic N) is 3. The molecule has 0 saturated heterocycles. The van der Waals surface area contributed by atoms with E-state index in [4.69, 9.17) is 4.74 Å². The number of H-pyrrole nitrogens is 1. The van der Waals surface area contributed by atoms with Gasteiger partial charge >= 0.3 is 0 Å². The summed E-state index contributed by atoms with van der Waals surface area (Å²) in [6.45, 7) is 2.43. The molecule has 2 rings (SSSR count). The van der Waals surface area contributed by atoms with Crippen LogP contribution in [0.3, 0.4) is 0 Å². The lowest BCUT2D eigenvalue weighted by Crippen LogP contribution is -1.97. The van der Waals surface area contributed by atoms with Gasteiger partial charge in [0.15, 0.2) is 12.4 Å². The maximum absolute atomic E-state index is 11.7. The van der Waals surface area contributed by atoms with Crippen LogP contribution in [0.4, 0.5) is 0 Å². The van der Waals surface area contributed by atoms with Gasteiger partial charge in [-0.3, -0.25) is 4.79 Å². The number of aromatic nitrogens is 4. The van der Waals surface area contributed by atoms with Crippen LogP contribution in [0.25, 0.3) is 6.08 Å². The molecule has 0 radical (unpaired) electrons. The number of tetrazole rings is 1. The van der Waals surface area contributed by atoms with Gasteiger partial charge in [0.05, 0.1) is 0 Å². The molecule has 0 saturated carbocycles. The summed E-state index contributed by atoms with van der Waals surface area (Å²) in [4.78, 5) is 11.7. The Morgan fingerprint density at radius 3 is 2.74 bits per heavy atom. The van der Waals surface area contributed by atoms with Crippen LogP contribution in [0.15, 0.2) is 30.3 Å². The van der Waals surface area contributed by atoms with Gasteiger partial charge in [-0.1, -0.05) is 49.6 Å². The Hall–Kier alpha value is -2.50. The molecular formula is C17H22N4O2. The summed E-state index contributed by atoms with van der Waals surface area (Å²) in [5.41, 5.74) is 0.971. The van der Waals surface area contributed by atoms with Gasteiger partial charge in [-0.25, -0.2) is 0 Å². The molecule has 23 heavy (non-hydrogen) atoms. The summed E-state index contributed by atoms with van der Waals surface area (Å²) in [7, 11) is 0. The van der Waals surface area contributed by atoms with Crippen molar-refractivity contribution in [3.63, 3.8) is 0 Å². The molecule has 122 valence electrons. The van der Waals surface area contributed by atoms with E-state index in [1.165, 1.54) is 12.8 Å². The van der Waals surface area contributed by atoms with Crippen molar-refractivity contribution < 1.29 is 9.53 Å². The zero-order valence-corrected chi connectivity index (χ0v) is 13.4. The van der Waals surface area contributed by atoms with E-state index in [2.05, 4.69) is 27.5 Å². The third-order valence-electron chi connectivity index (χ3n) is 3.38. The van der Waals surface area contributed by atoms with Crippen LogP contribution in [0.2, 0.25) is 0 Å². The van der Waals surface area contributed by atoms with Gasteiger partial charge < -0.3 is 4.74 Å². The van der Waals surface area contributed by atoms with Crippen LogP contribution < -0.4 is 4.74 Å². The first-order chi connectivity index (χ1) is 11.3. The fraction of sp³-hybridized carbons (Fsp3) is 0.412.